The van der Waals surface area contributed by atoms with Crippen LogP contribution in [-0.4, -0.2) is 29.6 Å². The molecule has 5 heteroatoms. The highest BCUT2D eigenvalue weighted by molar-refractivity contribution is 7.99. The fourth-order valence-electron chi connectivity index (χ4n) is 2.67. The van der Waals surface area contributed by atoms with Crippen molar-refractivity contribution < 1.29 is 4.79 Å². The summed E-state index contributed by atoms with van der Waals surface area (Å²) in [7, 11) is 0. The number of thioether (sulfide) groups is 1. The van der Waals surface area contributed by atoms with E-state index in [9.17, 15) is 4.79 Å². The molecule has 0 radical (unpaired) electrons. The third-order valence-electron chi connectivity index (χ3n) is 3.96. The molecule has 2 atom stereocenters. The maximum absolute atomic E-state index is 11.9. The number of carbonyl (C=O) groups excluding carboxylic acids is 1. The molecule has 0 aromatic heterocycles. The van der Waals surface area contributed by atoms with Crippen LogP contribution in [0.4, 0.5) is 4.79 Å². The molecule has 2 aliphatic rings. The van der Waals surface area contributed by atoms with Crippen LogP contribution in [0.15, 0.2) is 24.3 Å². The maximum atomic E-state index is 11.9. The van der Waals surface area contributed by atoms with Gasteiger partial charge in [-0.2, -0.15) is 11.8 Å². The monoisotopic (exact) mass is 310 g/mol. The van der Waals surface area contributed by atoms with Gasteiger partial charge in [-0.05, 0) is 48.5 Å². The molecule has 1 aromatic carbocycles. The molecule has 3 nitrogen and oxygen atoms in total. The lowest BCUT2D eigenvalue weighted by Gasteiger charge is -2.22. The number of nitrogens with one attached hydrogen (secondary N) is 2. The van der Waals surface area contributed by atoms with Gasteiger partial charge in [0, 0.05) is 23.0 Å². The van der Waals surface area contributed by atoms with Crippen LogP contribution in [0, 0.1) is 0 Å². The van der Waals surface area contributed by atoms with E-state index in [1.165, 1.54) is 5.56 Å². The SMILES string of the molecule is O=C(NC1CCSCC1)N[C@@H]1C[C@H]1c1ccc(Cl)cc1. The Bertz CT molecular complexity index is 473. The van der Waals surface area contributed by atoms with Crippen molar-refractivity contribution in [3.63, 3.8) is 0 Å². The first-order valence-electron chi connectivity index (χ1n) is 7.12. The van der Waals surface area contributed by atoms with E-state index < -0.39 is 0 Å². The summed E-state index contributed by atoms with van der Waals surface area (Å²) in [6.45, 7) is 0. The molecular formula is C15H19ClN2OS. The van der Waals surface area contributed by atoms with Crippen molar-refractivity contribution in [1.29, 1.82) is 0 Å². The summed E-state index contributed by atoms with van der Waals surface area (Å²) in [5.74, 6) is 2.75. The summed E-state index contributed by atoms with van der Waals surface area (Å²) in [5, 5.41) is 6.92. The van der Waals surface area contributed by atoms with E-state index in [1.54, 1.807) is 0 Å². The van der Waals surface area contributed by atoms with Crippen molar-refractivity contribution >= 4 is 29.4 Å². The summed E-state index contributed by atoms with van der Waals surface area (Å²) in [5.41, 5.74) is 1.26. The Labute approximate surface area is 128 Å². The van der Waals surface area contributed by atoms with Crippen LogP contribution in [0.25, 0.3) is 0 Å². The molecule has 0 unspecified atom stereocenters. The average Bonchev–Trinajstić information content (AvgIpc) is 3.19. The predicted molar refractivity (Wildman–Crippen MR) is 84.6 cm³/mol. The van der Waals surface area contributed by atoms with Crippen LogP contribution < -0.4 is 10.6 Å². The van der Waals surface area contributed by atoms with Gasteiger partial charge in [-0.3, -0.25) is 0 Å². The number of rotatable bonds is 3. The smallest absolute Gasteiger partial charge is 0.315 e. The van der Waals surface area contributed by atoms with E-state index in [4.69, 9.17) is 11.6 Å². The lowest BCUT2D eigenvalue weighted by molar-refractivity contribution is 0.235. The largest absolute Gasteiger partial charge is 0.335 e. The predicted octanol–water partition coefficient (Wildman–Crippen LogP) is 3.39. The van der Waals surface area contributed by atoms with Crippen LogP contribution in [-0.2, 0) is 0 Å². The number of carbonyl (C=O) groups is 1. The Morgan fingerprint density at radius 1 is 1.15 bits per heavy atom. The minimum atomic E-state index is -0.0108. The van der Waals surface area contributed by atoms with Crippen molar-refractivity contribution in [2.45, 2.75) is 37.3 Å². The second kappa shape index (κ2) is 6.27. The minimum Gasteiger partial charge on any atom is -0.335 e. The lowest BCUT2D eigenvalue weighted by Crippen LogP contribution is -2.44. The van der Waals surface area contributed by atoms with Gasteiger partial charge in [0.15, 0.2) is 0 Å². The number of halogens is 1. The van der Waals surface area contributed by atoms with Gasteiger partial charge in [-0.25, -0.2) is 4.79 Å². The van der Waals surface area contributed by atoms with Crippen LogP contribution in [0.1, 0.15) is 30.7 Å². The van der Waals surface area contributed by atoms with E-state index in [-0.39, 0.29) is 12.1 Å². The fraction of sp³-hybridized carbons (Fsp3) is 0.533. The number of amides is 2. The summed E-state index contributed by atoms with van der Waals surface area (Å²) in [4.78, 5) is 11.9. The van der Waals surface area contributed by atoms with Crippen molar-refractivity contribution in [1.82, 2.24) is 10.6 Å². The zero-order valence-electron chi connectivity index (χ0n) is 11.3. The van der Waals surface area contributed by atoms with Crippen LogP contribution in [0.5, 0.6) is 0 Å². The van der Waals surface area contributed by atoms with Gasteiger partial charge in [0.25, 0.3) is 0 Å². The lowest BCUT2D eigenvalue weighted by atomic mass is 10.1. The molecular weight excluding hydrogens is 292 g/mol. The Kier molecular flexibility index (Phi) is 4.41. The second-order valence-corrected chi connectivity index (χ2v) is 7.17. The first-order chi connectivity index (χ1) is 9.72. The Morgan fingerprint density at radius 2 is 1.85 bits per heavy atom. The van der Waals surface area contributed by atoms with Crippen LogP contribution in [0.3, 0.4) is 0 Å². The first kappa shape index (κ1) is 14.1. The third kappa shape index (κ3) is 3.61. The standard InChI is InChI=1S/C15H19ClN2OS/c16-11-3-1-10(2-4-11)13-9-14(13)18-15(19)17-12-5-7-20-8-6-12/h1-4,12-14H,5-9H2,(H2,17,18,19)/t13-,14+/m0/s1. The molecule has 3 rings (SSSR count). The Hall–Kier alpha value is -0.870. The van der Waals surface area contributed by atoms with Crippen molar-refractivity contribution in [3.05, 3.63) is 34.9 Å². The zero-order chi connectivity index (χ0) is 13.9. The first-order valence-corrected chi connectivity index (χ1v) is 8.66. The number of hydrogen-bond acceptors (Lipinski definition) is 2. The molecule has 2 N–H and O–H groups in total. The second-order valence-electron chi connectivity index (χ2n) is 5.50. The van der Waals surface area contributed by atoms with E-state index in [0.29, 0.717) is 12.0 Å². The van der Waals surface area contributed by atoms with Crippen LogP contribution in [0.2, 0.25) is 5.02 Å². The van der Waals surface area contributed by atoms with E-state index >= 15 is 0 Å². The van der Waals surface area contributed by atoms with Gasteiger partial charge in [-0.15, -0.1) is 0 Å². The molecule has 1 heterocycles. The van der Waals surface area contributed by atoms with Gasteiger partial charge in [0.2, 0.25) is 0 Å². The quantitative estimate of drug-likeness (QED) is 0.898. The highest BCUT2D eigenvalue weighted by Gasteiger charge is 2.39. The third-order valence-corrected chi connectivity index (χ3v) is 5.26. The molecule has 2 fully saturated rings. The molecule has 1 saturated heterocycles. The number of urea groups is 1. The molecule has 20 heavy (non-hydrogen) atoms. The van der Waals surface area contributed by atoms with Gasteiger partial charge >= 0.3 is 6.03 Å². The number of benzene rings is 1. The van der Waals surface area contributed by atoms with Crippen molar-refractivity contribution in [3.8, 4) is 0 Å². The minimum absolute atomic E-state index is 0.0108. The van der Waals surface area contributed by atoms with E-state index in [1.807, 2.05) is 36.0 Å². The highest BCUT2D eigenvalue weighted by atomic mass is 35.5. The molecule has 1 saturated carbocycles. The van der Waals surface area contributed by atoms with E-state index in [2.05, 4.69) is 10.6 Å². The summed E-state index contributed by atoms with van der Waals surface area (Å²) < 4.78 is 0. The zero-order valence-corrected chi connectivity index (χ0v) is 12.8. The van der Waals surface area contributed by atoms with Gasteiger partial charge in [-0.1, -0.05) is 23.7 Å². The highest BCUT2D eigenvalue weighted by Crippen LogP contribution is 2.40. The topological polar surface area (TPSA) is 41.1 Å². The summed E-state index contributed by atoms with van der Waals surface area (Å²) in [6.07, 6.45) is 3.20. The fourth-order valence-corrected chi connectivity index (χ4v) is 3.90. The summed E-state index contributed by atoms with van der Waals surface area (Å²) in [6, 6.07) is 8.52. The molecule has 1 aliphatic carbocycles. The molecule has 1 aliphatic heterocycles. The number of hydrogen-bond donors (Lipinski definition) is 2. The van der Waals surface area contributed by atoms with Crippen LogP contribution >= 0.6 is 23.4 Å². The van der Waals surface area contributed by atoms with Crippen molar-refractivity contribution in [2.75, 3.05) is 11.5 Å². The molecule has 108 valence electrons. The Morgan fingerprint density at radius 3 is 2.55 bits per heavy atom. The molecule has 0 bridgehead atoms. The summed E-state index contributed by atoms with van der Waals surface area (Å²) >= 11 is 7.85. The molecule has 1 aromatic rings. The van der Waals surface area contributed by atoms with Gasteiger partial charge < -0.3 is 10.6 Å². The normalized spacial score (nSPS) is 26.1. The van der Waals surface area contributed by atoms with E-state index in [0.717, 1.165) is 35.8 Å². The van der Waals surface area contributed by atoms with Crippen molar-refractivity contribution in [2.24, 2.45) is 0 Å². The van der Waals surface area contributed by atoms with Gasteiger partial charge in [0.1, 0.15) is 0 Å². The Balaban J connectivity index is 1.45. The van der Waals surface area contributed by atoms with Gasteiger partial charge in [0.05, 0.1) is 0 Å². The average molecular weight is 311 g/mol. The molecule has 0 spiro atoms. The molecule has 2 amide bonds. The maximum Gasteiger partial charge on any atom is 0.315 e.